The van der Waals surface area contributed by atoms with Gasteiger partial charge < -0.3 is 0 Å². The van der Waals surface area contributed by atoms with Gasteiger partial charge in [-0.05, 0) is 50.7 Å². The average molecular weight is 396 g/mol. The summed E-state index contributed by atoms with van der Waals surface area (Å²) >= 11 is 11.0. The van der Waals surface area contributed by atoms with E-state index < -0.39 is 10.0 Å². The van der Waals surface area contributed by atoms with Crippen LogP contribution in [0.15, 0.2) is 21.5 Å². The molecule has 0 heterocycles. The zero-order chi connectivity index (χ0) is 10.2. The predicted molar refractivity (Wildman–Crippen MR) is 63.2 cm³/mol. The van der Waals surface area contributed by atoms with Crippen molar-refractivity contribution in [1.82, 2.24) is 0 Å². The standard InChI is InChI=1S/C6H4BrClINO2S/c7-5-3(9)1-2-4(6(5)8)13(10,11)12/h1-2H,(H2,10,11,12). The van der Waals surface area contributed by atoms with E-state index in [-0.39, 0.29) is 9.92 Å². The van der Waals surface area contributed by atoms with Crippen LogP contribution in [-0.4, -0.2) is 8.42 Å². The lowest BCUT2D eigenvalue weighted by molar-refractivity contribution is 0.598. The molecule has 1 rings (SSSR count). The fourth-order valence-electron chi connectivity index (χ4n) is 0.728. The van der Waals surface area contributed by atoms with Gasteiger partial charge >= 0.3 is 0 Å². The molecule has 0 saturated carbocycles. The molecule has 0 fully saturated rings. The fourth-order valence-corrected chi connectivity index (χ4v) is 2.91. The van der Waals surface area contributed by atoms with Crippen LogP contribution in [0.5, 0.6) is 0 Å². The van der Waals surface area contributed by atoms with E-state index in [1.54, 1.807) is 6.07 Å². The lowest BCUT2D eigenvalue weighted by atomic mass is 10.4. The normalized spacial score (nSPS) is 11.7. The fraction of sp³-hybridized carbons (Fsp3) is 0. The number of hydrogen-bond acceptors (Lipinski definition) is 2. The second kappa shape index (κ2) is 4.01. The van der Waals surface area contributed by atoms with Crippen molar-refractivity contribution >= 4 is 60.1 Å². The van der Waals surface area contributed by atoms with Gasteiger partial charge in [0.2, 0.25) is 10.0 Å². The maximum Gasteiger partial charge on any atom is 0.239 e. The van der Waals surface area contributed by atoms with Gasteiger partial charge in [-0.1, -0.05) is 11.6 Å². The summed E-state index contributed by atoms with van der Waals surface area (Å²) in [4.78, 5) is -0.0681. The molecule has 0 bridgehead atoms. The van der Waals surface area contributed by atoms with E-state index in [0.717, 1.165) is 3.57 Å². The Morgan fingerprint density at radius 1 is 1.46 bits per heavy atom. The largest absolute Gasteiger partial charge is 0.239 e. The van der Waals surface area contributed by atoms with Crippen LogP contribution in [0.1, 0.15) is 0 Å². The smallest absolute Gasteiger partial charge is 0.225 e. The molecule has 0 aliphatic carbocycles. The number of nitrogens with two attached hydrogens (primary N) is 1. The van der Waals surface area contributed by atoms with Crippen LogP contribution in [0.25, 0.3) is 0 Å². The van der Waals surface area contributed by atoms with E-state index in [2.05, 4.69) is 15.9 Å². The molecule has 0 unspecified atom stereocenters. The van der Waals surface area contributed by atoms with Gasteiger partial charge in [0.25, 0.3) is 0 Å². The van der Waals surface area contributed by atoms with Gasteiger partial charge in [-0.25, -0.2) is 13.6 Å². The van der Waals surface area contributed by atoms with E-state index in [1.165, 1.54) is 6.07 Å². The molecule has 72 valence electrons. The Hall–Kier alpha value is 0.630. The molecular weight excluding hydrogens is 392 g/mol. The zero-order valence-corrected chi connectivity index (χ0v) is 11.4. The summed E-state index contributed by atoms with van der Waals surface area (Å²) in [5.41, 5.74) is 0. The van der Waals surface area contributed by atoms with Crippen molar-refractivity contribution in [3.05, 3.63) is 25.2 Å². The van der Waals surface area contributed by atoms with E-state index in [0.29, 0.717) is 4.47 Å². The van der Waals surface area contributed by atoms with Crippen LogP contribution >= 0.6 is 50.1 Å². The summed E-state index contributed by atoms with van der Waals surface area (Å²) in [5, 5.41) is 5.06. The summed E-state index contributed by atoms with van der Waals surface area (Å²) in [6, 6.07) is 3.00. The maximum atomic E-state index is 11.0. The Kier molecular flexibility index (Phi) is 3.61. The van der Waals surface area contributed by atoms with E-state index >= 15 is 0 Å². The van der Waals surface area contributed by atoms with E-state index in [4.69, 9.17) is 16.7 Å². The number of benzene rings is 1. The van der Waals surface area contributed by atoms with Crippen LogP contribution in [0, 0.1) is 3.57 Å². The van der Waals surface area contributed by atoms with Crippen LogP contribution in [0.2, 0.25) is 5.02 Å². The van der Waals surface area contributed by atoms with Crippen LogP contribution in [0.4, 0.5) is 0 Å². The number of sulfonamides is 1. The molecule has 0 aromatic heterocycles. The van der Waals surface area contributed by atoms with Gasteiger partial charge in [0, 0.05) is 3.57 Å². The van der Waals surface area contributed by atoms with E-state index in [9.17, 15) is 8.42 Å². The van der Waals surface area contributed by atoms with Crippen molar-refractivity contribution in [2.45, 2.75) is 4.90 Å². The minimum absolute atomic E-state index is 0.0681. The lowest BCUT2D eigenvalue weighted by Gasteiger charge is -2.04. The Balaban J connectivity index is 3.53. The second-order valence-electron chi connectivity index (χ2n) is 2.22. The first kappa shape index (κ1) is 11.7. The topological polar surface area (TPSA) is 60.2 Å². The summed E-state index contributed by atoms with van der Waals surface area (Å²) in [6.07, 6.45) is 0. The van der Waals surface area contributed by atoms with Gasteiger partial charge in [-0.15, -0.1) is 0 Å². The van der Waals surface area contributed by atoms with Crippen molar-refractivity contribution in [1.29, 1.82) is 0 Å². The molecule has 3 nitrogen and oxygen atoms in total. The van der Waals surface area contributed by atoms with Crippen LogP contribution in [0.3, 0.4) is 0 Å². The molecule has 0 radical (unpaired) electrons. The third-order valence-electron chi connectivity index (χ3n) is 1.31. The molecule has 1 aromatic carbocycles. The Bertz CT molecular complexity index is 448. The van der Waals surface area contributed by atoms with Crippen molar-refractivity contribution in [2.24, 2.45) is 5.14 Å². The van der Waals surface area contributed by atoms with Crippen LogP contribution < -0.4 is 5.14 Å². The number of rotatable bonds is 1. The highest BCUT2D eigenvalue weighted by molar-refractivity contribution is 14.1. The Morgan fingerprint density at radius 2 is 2.00 bits per heavy atom. The first-order valence-corrected chi connectivity index (χ1v) is 6.80. The molecule has 0 saturated heterocycles. The second-order valence-corrected chi connectivity index (χ2v) is 6.08. The number of halogens is 3. The summed E-state index contributed by atoms with van der Waals surface area (Å²) in [5.74, 6) is 0. The molecule has 7 heteroatoms. The third kappa shape index (κ3) is 2.56. The van der Waals surface area contributed by atoms with Gasteiger partial charge in [0.1, 0.15) is 4.90 Å². The first-order chi connectivity index (χ1) is 5.84. The quantitative estimate of drug-likeness (QED) is 0.585. The highest BCUT2D eigenvalue weighted by atomic mass is 127. The first-order valence-electron chi connectivity index (χ1n) is 3.00. The van der Waals surface area contributed by atoms with E-state index in [1.807, 2.05) is 22.6 Å². The Morgan fingerprint density at radius 3 is 2.46 bits per heavy atom. The third-order valence-corrected chi connectivity index (χ3v) is 5.46. The molecule has 0 spiro atoms. The van der Waals surface area contributed by atoms with Crippen molar-refractivity contribution < 1.29 is 8.42 Å². The average Bonchev–Trinajstić information content (AvgIpc) is 1.98. The van der Waals surface area contributed by atoms with Gasteiger partial charge in [0.05, 0.1) is 9.50 Å². The summed E-state index contributed by atoms with van der Waals surface area (Å²) in [6.45, 7) is 0. The molecule has 1 aromatic rings. The monoisotopic (exact) mass is 395 g/mol. The summed E-state index contributed by atoms with van der Waals surface area (Å²) < 4.78 is 23.3. The molecule has 0 aliphatic rings. The number of primary sulfonamides is 1. The lowest BCUT2D eigenvalue weighted by Crippen LogP contribution is -2.12. The molecule has 13 heavy (non-hydrogen) atoms. The minimum atomic E-state index is -3.74. The van der Waals surface area contributed by atoms with Crippen molar-refractivity contribution in [2.75, 3.05) is 0 Å². The highest BCUT2D eigenvalue weighted by Crippen LogP contribution is 2.32. The van der Waals surface area contributed by atoms with Gasteiger partial charge in [-0.3, -0.25) is 0 Å². The molecular formula is C6H4BrClINO2S. The predicted octanol–water partition coefficient (Wildman–Crippen LogP) is 2.35. The SMILES string of the molecule is NS(=O)(=O)c1ccc(I)c(Br)c1Cl. The van der Waals surface area contributed by atoms with Crippen molar-refractivity contribution in [3.63, 3.8) is 0 Å². The Labute approximate surface area is 103 Å². The van der Waals surface area contributed by atoms with Crippen LogP contribution in [-0.2, 0) is 10.0 Å². The minimum Gasteiger partial charge on any atom is -0.225 e. The molecule has 0 amide bonds. The molecule has 2 N–H and O–H groups in total. The number of hydrogen-bond donors (Lipinski definition) is 1. The highest BCUT2D eigenvalue weighted by Gasteiger charge is 2.16. The van der Waals surface area contributed by atoms with Gasteiger partial charge in [-0.2, -0.15) is 0 Å². The zero-order valence-electron chi connectivity index (χ0n) is 6.09. The molecule has 0 atom stereocenters. The van der Waals surface area contributed by atoms with Gasteiger partial charge in [0.15, 0.2) is 0 Å². The molecule has 0 aliphatic heterocycles. The van der Waals surface area contributed by atoms with Crippen molar-refractivity contribution in [3.8, 4) is 0 Å². The summed E-state index contributed by atoms with van der Waals surface area (Å²) in [7, 11) is -3.74. The maximum absolute atomic E-state index is 11.0.